The van der Waals surface area contributed by atoms with Gasteiger partial charge in [-0.15, -0.1) is 0 Å². The van der Waals surface area contributed by atoms with E-state index in [1.165, 1.54) is 18.2 Å². The zero-order valence-electron chi connectivity index (χ0n) is 11.2. The molecule has 0 aliphatic carbocycles. The number of hydrogen-bond donors (Lipinski definition) is 2. The molecule has 0 saturated heterocycles. The average molecular weight is 298 g/mol. The van der Waals surface area contributed by atoms with Crippen molar-refractivity contribution in [2.75, 3.05) is 11.9 Å². The maximum atomic E-state index is 12.5. The Balaban J connectivity index is 1.99. The molecule has 5 nitrogen and oxygen atoms in total. The summed E-state index contributed by atoms with van der Waals surface area (Å²) in [6.45, 7) is 1.96. The fourth-order valence-corrected chi connectivity index (χ4v) is 1.77. The second-order valence-corrected chi connectivity index (χ2v) is 4.40. The highest BCUT2D eigenvalue weighted by Crippen LogP contribution is 2.27. The van der Waals surface area contributed by atoms with Crippen LogP contribution in [0.5, 0.6) is 0 Å². The number of hydrogen-bond acceptors (Lipinski definition) is 4. The van der Waals surface area contributed by atoms with Crippen molar-refractivity contribution in [3.63, 3.8) is 0 Å². The molecule has 0 unspecified atom stereocenters. The molecule has 0 atom stereocenters. The van der Waals surface area contributed by atoms with Gasteiger partial charge in [0.1, 0.15) is 17.3 Å². The first-order valence-electron chi connectivity index (χ1n) is 6.19. The quantitative estimate of drug-likeness (QED) is 0.907. The van der Waals surface area contributed by atoms with Crippen LogP contribution in [0.4, 0.5) is 19.0 Å². The van der Waals surface area contributed by atoms with Crippen LogP contribution in [0.25, 0.3) is 0 Å². The van der Waals surface area contributed by atoms with E-state index in [9.17, 15) is 18.0 Å². The van der Waals surface area contributed by atoms with Gasteiger partial charge in [0, 0.05) is 24.7 Å². The van der Waals surface area contributed by atoms with Gasteiger partial charge in [0.15, 0.2) is 0 Å². The van der Waals surface area contributed by atoms with Gasteiger partial charge in [-0.1, -0.05) is 6.07 Å². The van der Waals surface area contributed by atoms with Crippen LogP contribution in [-0.2, 0) is 12.6 Å². The first kappa shape index (κ1) is 15.0. The van der Waals surface area contributed by atoms with Crippen LogP contribution in [0.2, 0.25) is 0 Å². The third kappa shape index (κ3) is 4.30. The van der Waals surface area contributed by atoms with Gasteiger partial charge in [-0.05, 0) is 19.1 Å². The lowest BCUT2D eigenvalue weighted by molar-refractivity contribution is -0.141. The molecule has 2 aromatic rings. The van der Waals surface area contributed by atoms with Crippen LogP contribution < -0.4 is 10.9 Å². The zero-order chi connectivity index (χ0) is 15.5. The molecule has 2 aromatic heterocycles. The molecule has 0 amide bonds. The maximum absolute atomic E-state index is 12.5. The average Bonchev–Trinajstić information content (AvgIpc) is 2.37. The van der Waals surface area contributed by atoms with E-state index < -0.39 is 11.9 Å². The molecule has 0 fully saturated rings. The van der Waals surface area contributed by atoms with Gasteiger partial charge in [-0.25, -0.2) is 9.97 Å². The van der Waals surface area contributed by atoms with Crippen LogP contribution in [0.3, 0.4) is 0 Å². The number of aromatic nitrogens is 3. The lowest BCUT2D eigenvalue weighted by atomic mass is 10.2. The molecule has 0 aliphatic rings. The van der Waals surface area contributed by atoms with Gasteiger partial charge < -0.3 is 10.3 Å². The Bertz CT molecular complexity index is 682. The van der Waals surface area contributed by atoms with Crippen molar-refractivity contribution in [3.8, 4) is 0 Å². The summed E-state index contributed by atoms with van der Waals surface area (Å²) in [7, 11) is 0. The third-order valence-corrected chi connectivity index (χ3v) is 2.64. The Labute approximate surface area is 118 Å². The Kier molecular flexibility index (Phi) is 4.25. The van der Waals surface area contributed by atoms with Crippen LogP contribution in [0.1, 0.15) is 17.2 Å². The topological polar surface area (TPSA) is 70.7 Å². The van der Waals surface area contributed by atoms with Gasteiger partial charge in [0.05, 0.1) is 0 Å². The summed E-state index contributed by atoms with van der Waals surface area (Å²) < 4.78 is 37.6. The highest BCUT2D eigenvalue weighted by Gasteiger charge is 2.32. The molecule has 0 spiro atoms. The van der Waals surface area contributed by atoms with E-state index in [1.807, 2.05) is 0 Å². The van der Waals surface area contributed by atoms with Crippen molar-refractivity contribution >= 4 is 5.82 Å². The summed E-state index contributed by atoms with van der Waals surface area (Å²) in [5, 5.41) is 2.88. The number of aryl methyl sites for hydroxylation is 1. The number of anilines is 1. The van der Waals surface area contributed by atoms with E-state index in [-0.39, 0.29) is 12.0 Å². The molecule has 0 saturated carbocycles. The first-order chi connectivity index (χ1) is 9.84. The lowest BCUT2D eigenvalue weighted by Gasteiger charge is -2.08. The van der Waals surface area contributed by atoms with Crippen LogP contribution >= 0.6 is 0 Å². The normalized spacial score (nSPS) is 11.4. The van der Waals surface area contributed by atoms with E-state index >= 15 is 0 Å². The third-order valence-electron chi connectivity index (χ3n) is 2.64. The molecule has 2 heterocycles. The standard InChI is InChI=1S/C13H13F3N4O/c1-8-18-11(7-12(21)19-8)17-6-5-9-3-2-4-10(20-9)13(14,15)16/h2-4,7H,5-6H2,1H3,(H2,17,18,19,21). The smallest absolute Gasteiger partial charge is 0.369 e. The maximum Gasteiger partial charge on any atom is 0.433 e. The SMILES string of the molecule is Cc1nc(NCCc2cccc(C(F)(F)F)n2)cc(=O)[nH]1. The van der Waals surface area contributed by atoms with Crippen molar-refractivity contribution in [2.24, 2.45) is 0 Å². The summed E-state index contributed by atoms with van der Waals surface area (Å²) in [5.74, 6) is 0.838. The van der Waals surface area contributed by atoms with Crippen molar-refractivity contribution in [3.05, 3.63) is 51.8 Å². The Morgan fingerprint density at radius 1 is 1.29 bits per heavy atom. The van der Waals surface area contributed by atoms with Gasteiger partial charge in [-0.3, -0.25) is 4.79 Å². The molecular formula is C13H13F3N4O. The van der Waals surface area contributed by atoms with E-state index in [0.717, 1.165) is 6.07 Å². The highest BCUT2D eigenvalue weighted by atomic mass is 19.4. The number of aromatic amines is 1. The molecule has 21 heavy (non-hydrogen) atoms. The van der Waals surface area contributed by atoms with E-state index in [1.54, 1.807) is 6.92 Å². The minimum absolute atomic E-state index is 0.289. The number of rotatable bonds is 4. The van der Waals surface area contributed by atoms with Crippen molar-refractivity contribution < 1.29 is 13.2 Å². The Morgan fingerprint density at radius 2 is 2.05 bits per heavy atom. The van der Waals surface area contributed by atoms with E-state index in [4.69, 9.17) is 0 Å². The van der Waals surface area contributed by atoms with Gasteiger partial charge in [-0.2, -0.15) is 13.2 Å². The number of pyridine rings is 1. The number of nitrogens with one attached hydrogen (secondary N) is 2. The van der Waals surface area contributed by atoms with Crippen LogP contribution in [0, 0.1) is 6.92 Å². The summed E-state index contributed by atoms with van der Waals surface area (Å²) in [5.41, 5.74) is -0.883. The van der Waals surface area contributed by atoms with Gasteiger partial charge in [0.2, 0.25) is 0 Å². The fraction of sp³-hybridized carbons (Fsp3) is 0.308. The zero-order valence-corrected chi connectivity index (χ0v) is 11.2. The van der Waals surface area contributed by atoms with Gasteiger partial charge >= 0.3 is 6.18 Å². The molecule has 0 aromatic carbocycles. The molecule has 0 aliphatic heterocycles. The number of halogens is 3. The molecule has 2 rings (SSSR count). The molecule has 112 valence electrons. The van der Waals surface area contributed by atoms with E-state index in [0.29, 0.717) is 23.9 Å². The Morgan fingerprint density at radius 3 is 2.71 bits per heavy atom. The monoisotopic (exact) mass is 298 g/mol. The summed E-state index contributed by atoms with van der Waals surface area (Å²) in [6, 6.07) is 5.05. The summed E-state index contributed by atoms with van der Waals surface area (Å²) >= 11 is 0. The molecule has 8 heteroatoms. The van der Waals surface area contributed by atoms with Crippen molar-refractivity contribution in [1.82, 2.24) is 15.0 Å². The second kappa shape index (κ2) is 5.94. The molecule has 2 N–H and O–H groups in total. The number of alkyl halides is 3. The minimum Gasteiger partial charge on any atom is -0.369 e. The largest absolute Gasteiger partial charge is 0.433 e. The number of H-pyrrole nitrogens is 1. The predicted molar refractivity (Wildman–Crippen MR) is 71.0 cm³/mol. The summed E-state index contributed by atoms with van der Waals surface area (Å²) in [6.07, 6.45) is -4.16. The second-order valence-electron chi connectivity index (χ2n) is 4.40. The van der Waals surface area contributed by atoms with Crippen molar-refractivity contribution in [1.29, 1.82) is 0 Å². The number of nitrogens with zero attached hydrogens (tertiary/aromatic N) is 2. The minimum atomic E-state index is -4.45. The highest BCUT2D eigenvalue weighted by molar-refractivity contribution is 5.33. The molecule has 0 radical (unpaired) electrons. The van der Waals surface area contributed by atoms with Crippen LogP contribution in [0.15, 0.2) is 29.1 Å². The predicted octanol–water partition coefficient (Wildman–Crippen LogP) is 2.15. The summed E-state index contributed by atoms with van der Waals surface area (Å²) in [4.78, 5) is 21.3. The fourth-order valence-electron chi connectivity index (χ4n) is 1.77. The molecule has 0 bridgehead atoms. The van der Waals surface area contributed by atoms with Crippen LogP contribution in [-0.4, -0.2) is 21.5 Å². The van der Waals surface area contributed by atoms with Crippen molar-refractivity contribution in [2.45, 2.75) is 19.5 Å². The first-order valence-corrected chi connectivity index (χ1v) is 6.19. The lowest BCUT2D eigenvalue weighted by Crippen LogP contribution is -2.14. The van der Waals surface area contributed by atoms with E-state index in [2.05, 4.69) is 20.3 Å². The van der Waals surface area contributed by atoms with Gasteiger partial charge in [0.25, 0.3) is 5.56 Å². The Hall–Kier alpha value is -2.38. The molecular weight excluding hydrogens is 285 g/mol.